The Morgan fingerprint density at radius 2 is 2.04 bits per heavy atom. The highest BCUT2D eigenvalue weighted by atomic mass is 32.2. The molecule has 0 saturated carbocycles. The van der Waals surface area contributed by atoms with Crippen molar-refractivity contribution >= 4 is 15.9 Å². The van der Waals surface area contributed by atoms with Crippen LogP contribution in [0.1, 0.15) is 37.8 Å². The van der Waals surface area contributed by atoms with Crippen LogP contribution in [0.4, 0.5) is 0 Å². The molecule has 1 aliphatic rings. The average molecular weight is 340 g/mol. The summed E-state index contributed by atoms with van der Waals surface area (Å²) in [6.07, 6.45) is 3.17. The van der Waals surface area contributed by atoms with E-state index in [4.69, 9.17) is 4.74 Å². The zero-order valence-corrected chi connectivity index (χ0v) is 14.4. The summed E-state index contributed by atoms with van der Waals surface area (Å²) in [4.78, 5) is 14.2. The van der Waals surface area contributed by atoms with Gasteiger partial charge in [0, 0.05) is 19.5 Å². The van der Waals surface area contributed by atoms with Crippen LogP contribution < -0.4 is 9.46 Å². The van der Waals surface area contributed by atoms with Gasteiger partial charge in [-0.05, 0) is 37.5 Å². The molecule has 1 fully saturated rings. The first-order chi connectivity index (χ1) is 10.9. The van der Waals surface area contributed by atoms with E-state index in [1.54, 1.807) is 0 Å². The molecule has 1 amide bonds. The van der Waals surface area contributed by atoms with Crippen molar-refractivity contribution in [2.45, 2.75) is 32.2 Å². The standard InChI is InChI=1S/C16H24N2O4S/c1-3-22-14-8-6-13(7-9-14)15-5-4-12-18(15)16(19)10-11-17-23(2,20)21/h6-9,15,17H,3-5,10-12H2,1-2H3/t15-/m1/s1. The third kappa shape index (κ3) is 5.21. The number of benzene rings is 1. The summed E-state index contributed by atoms with van der Waals surface area (Å²) in [5.74, 6) is 0.807. The number of nitrogens with zero attached hydrogens (tertiary/aromatic N) is 1. The minimum Gasteiger partial charge on any atom is -0.494 e. The van der Waals surface area contributed by atoms with E-state index < -0.39 is 10.0 Å². The van der Waals surface area contributed by atoms with Crippen LogP contribution in [0.3, 0.4) is 0 Å². The van der Waals surface area contributed by atoms with Crippen LogP contribution in [0.2, 0.25) is 0 Å². The molecule has 1 saturated heterocycles. The topological polar surface area (TPSA) is 75.7 Å². The summed E-state index contributed by atoms with van der Waals surface area (Å²) in [5, 5.41) is 0. The molecule has 7 heteroatoms. The molecule has 128 valence electrons. The molecule has 0 radical (unpaired) electrons. The minimum atomic E-state index is -3.25. The van der Waals surface area contributed by atoms with E-state index in [9.17, 15) is 13.2 Å². The Hall–Kier alpha value is -1.60. The summed E-state index contributed by atoms with van der Waals surface area (Å²) in [6.45, 7) is 3.43. The first kappa shape index (κ1) is 17.7. The summed E-state index contributed by atoms with van der Waals surface area (Å²) in [5.41, 5.74) is 1.09. The van der Waals surface area contributed by atoms with E-state index in [0.29, 0.717) is 6.61 Å². The maximum Gasteiger partial charge on any atom is 0.224 e. The fourth-order valence-electron chi connectivity index (χ4n) is 2.85. The van der Waals surface area contributed by atoms with Gasteiger partial charge in [0.1, 0.15) is 5.75 Å². The second-order valence-electron chi connectivity index (χ2n) is 5.66. The Labute approximate surface area is 137 Å². The van der Waals surface area contributed by atoms with Gasteiger partial charge in [-0.2, -0.15) is 0 Å². The van der Waals surface area contributed by atoms with E-state index in [-0.39, 0.29) is 24.9 Å². The number of ether oxygens (including phenoxy) is 1. The second-order valence-corrected chi connectivity index (χ2v) is 7.50. The van der Waals surface area contributed by atoms with Crippen LogP contribution in [0.5, 0.6) is 5.75 Å². The normalized spacial score (nSPS) is 18.2. The van der Waals surface area contributed by atoms with E-state index in [2.05, 4.69) is 4.72 Å². The van der Waals surface area contributed by atoms with Gasteiger partial charge in [-0.15, -0.1) is 0 Å². The van der Waals surface area contributed by atoms with E-state index in [1.807, 2.05) is 36.1 Å². The SMILES string of the molecule is CCOc1ccc([C@H]2CCCN2C(=O)CCNS(C)(=O)=O)cc1. The predicted molar refractivity (Wildman–Crippen MR) is 88.8 cm³/mol. The summed E-state index contributed by atoms with van der Waals surface area (Å²) in [7, 11) is -3.25. The molecule has 0 bridgehead atoms. The molecular formula is C16H24N2O4S. The van der Waals surface area contributed by atoms with Crippen LogP contribution >= 0.6 is 0 Å². The number of carbonyl (C=O) groups is 1. The van der Waals surface area contributed by atoms with Crippen LogP contribution in [0.15, 0.2) is 24.3 Å². The monoisotopic (exact) mass is 340 g/mol. The van der Waals surface area contributed by atoms with Crippen molar-refractivity contribution in [2.24, 2.45) is 0 Å². The molecule has 1 aromatic carbocycles. The van der Waals surface area contributed by atoms with Crippen LogP contribution in [0, 0.1) is 0 Å². The lowest BCUT2D eigenvalue weighted by molar-refractivity contribution is -0.131. The van der Waals surface area contributed by atoms with Gasteiger partial charge in [0.25, 0.3) is 0 Å². The van der Waals surface area contributed by atoms with Crippen LogP contribution in [-0.2, 0) is 14.8 Å². The largest absolute Gasteiger partial charge is 0.494 e. The highest BCUT2D eigenvalue weighted by Gasteiger charge is 2.29. The van der Waals surface area contributed by atoms with Gasteiger partial charge in [-0.1, -0.05) is 12.1 Å². The highest BCUT2D eigenvalue weighted by Crippen LogP contribution is 2.33. The molecule has 0 aliphatic carbocycles. The van der Waals surface area contributed by atoms with Crippen molar-refractivity contribution in [3.63, 3.8) is 0 Å². The van der Waals surface area contributed by atoms with Gasteiger partial charge in [-0.3, -0.25) is 4.79 Å². The fraction of sp³-hybridized carbons (Fsp3) is 0.562. The number of likely N-dealkylation sites (tertiary alicyclic amines) is 1. The van der Waals surface area contributed by atoms with Crippen molar-refractivity contribution in [2.75, 3.05) is 26.0 Å². The number of hydrogen-bond donors (Lipinski definition) is 1. The van der Waals surface area contributed by atoms with Gasteiger partial charge in [-0.25, -0.2) is 13.1 Å². The Bertz CT molecular complexity index is 628. The Morgan fingerprint density at radius 3 is 2.65 bits per heavy atom. The number of carbonyl (C=O) groups excluding carboxylic acids is 1. The first-order valence-electron chi connectivity index (χ1n) is 7.87. The molecule has 0 aromatic heterocycles. The molecule has 0 unspecified atom stereocenters. The van der Waals surface area contributed by atoms with Gasteiger partial charge >= 0.3 is 0 Å². The van der Waals surface area contributed by atoms with Gasteiger partial charge < -0.3 is 9.64 Å². The highest BCUT2D eigenvalue weighted by molar-refractivity contribution is 7.88. The molecular weight excluding hydrogens is 316 g/mol. The summed E-state index contributed by atoms with van der Waals surface area (Å²) in [6, 6.07) is 7.90. The quantitative estimate of drug-likeness (QED) is 0.819. The molecule has 1 heterocycles. The van der Waals surface area contributed by atoms with Crippen molar-refractivity contribution < 1.29 is 17.9 Å². The number of hydrogen-bond acceptors (Lipinski definition) is 4. The Balaban J connectivity index is 1.97. The fourth-order valence-corrected chi connectivity index (χ4v) is 3.32. The van der Waals surface area contributed by atoms with Gasteiger partial charge in [0.15, 0.2) is 0 Å². The second kappa shape index (κ2) is 7.79. The average Bonchev–Trinajstić information content (AvgIpc) is 2.96. The molecule has 23 heavy (non-hydrogen) atoms. The van der Waals surface area contributed by atoms with E-state index in [1.165, 1.54) is 0 Å². The van der Waals surface area contributed by atoms with Crippen molar-refractivity contribution in [3.05, 3.63) is 29.8 Å². The summed E-state index contributed by atoms with van der Waals surface area (Å²) < 4.78 is 29.9. The van der Waals surface area contributed by atoms with Crippen LogP contribution in [0.25, 0.3) is 0 Å². The Morgan fingerprint density at radius 1 is 1.35 bits per heavy atom. The maximum atomic E-state index is 12.4. The number of nitrogens with one attached hydrogen (secondary N) is 1. The number of sulfonamides is 1. The predicted octanol–water partition coefficient (Wildman–Crippen LogP) is 1.69. The number of amides is 1. The lowest BCUT2D eigenvalue weighted by Crippen LogP contribution is -2.34. The smallest absolute Gasteiger partial charge is 0.224 e. The third-order valence-electron chi connectivity index (χ3n) is 3.85. The molecule has 2 rings (SSSR count). The summed E-state index contributed by atoms with van der Waals surface area (Å²) >= 11 is 0. The minimum absolute atomic E-state index is 0.0162. The van der Waals surface area contributed by atoms with E-state index >= 15 is 0 Å². The zero-order valence-electron chi connectivity index (χ0n) is 13.6. The van der Waals surface area contributed by atoms with Gasteiger partial charge in [0.2, 0.25) is 15.9 Å². The van der Waals surface area contributed by atoms with Crippen molar-refractivity contribution in [3.8, 4) is 5.75 Å². The third-order valence-corrected chi connectivity index (χ3v) is 4.58. The Kier molecular flexibility index (Phi) is 6.01. The molecule has 1 N–H and O–H groups in total. The first-order valence-corrected chi connectivity index (χ1v) is 9.76. The van der Waals surface area contributed by atoms with Crippen LogP contribution in [-0.4, -0.2) is 45.2 Å². The zero-order chi connectivity index (χ0) is 16.9. The van der Waals surface area contributed by atoms with Crippen molar-refractivity contribution in [1.29, 1.82) is 0 Å². The maximum absolute atomic E-state index is 12.4. The number of rotatable bonds is 7. The molecule has 1 aromatic rings. The van der Waals surface area contributed by atoms with Gasteiger partial charge in [0.05, 0.1) is 18.9 Å². The lowest BCUT2D eigenvalue weighted by Gasteiger charge is -2.25. The van der Waals surface area contributed by atoms with Crippen molar-refractivity contribution in [1.82, 2.24) is 9.62 Å². The molecule has 1 aliphatic heterocycles. The lowest BCUT2D eigenvalue weighted by atomic mass is 10.0. The molecule has 1 atom stereocenters. The molecule has 0 spiro atoms. The molecule has 6 nitrogen and oxygen atoms in total. The van der Waals surface area contributed by atoms with E-state index in [0.717, 1.165) is 37.0 Å².